The number of hydrogen-bond donors (Lipinski definition) is 1. The van der Waals surface area contributed by atoms with Gasteiger partial charge in [0.05, 0.1) is 16.8 Å². The van der Waals surface area contributed by atoms with Gasteiger partial charge < -0.3 is 5.11 Å². The van der Waals surface area contributed by atoms with Gasteiger partial charge in [0.1, 0.15) is 0 Å². The van der Waals surface area contributed by atoms with E-state index in [0.29, 0.717) is 16.5 Å². The molecule has 3 rings (SSSR count). The zero-order valence-corrected chi connectivity index (χ0v) is 15.4. The number of aryl methyl sites for hydroxylation is 2. The number of rotatable bonds is 3. The van der Waals surface area contributed by atoms with Crippen LogP contribution in [0.2, 0.25) is 0 Å². The molecule has 0 aliphatic carbocycles. The number of benzene rings is 2. The molecule has 1 N–H and O–H groups in total. The van der Waals surface area contributed by atoms with Crippen LogP contribution in [-0.4, -0.2) is 16.1 Å². The van der Waals surface area contributed by atoms with Gasteiger partial charge in [0.15, 0.2) is 0 Å². The van der Waals surface area contributed by atoms with Gasteiger partial charge >= 0.3 is 5.97 Å². The summed E-state index contributed by atoms with van der Waals surface area (Å²) in [6.07, 6.45) is 0.790. The number of hydrogen-bond acceptors (Lipinski definition) is 2. The third-order valence-electron chi connectivity index (χ3n) is 4.30. The highest BCUT2D eigenvalue weighted by Gasteiger charge is 2.20. The van der Waals surface area contributed by atoms with Crippen molar-refractivity contribution in [3.05, 3.63) is 63.1 Å². The maximum absolute atomic E-state index is 11.9. The monoisotopic (exact) mass is 383 g/mol. The Morgan fingerprint density at radius 2 is 1.83 bits per heavy atom. The van der Waals surface area contributed by atoms with E-state index >= 15 is 0 Å². The van der Waals surface area contributed by atoms with Crippen molar-refractivity contribution in [1.82, 2.24) is 4.98 Å². The summed E-state index contributed by atoms with van der Waals surface area (Å²) in [4.78, 5) is 16.8. The fourth-order valence-electron chi connectivity index (χ4n) is 3.03. The van der Waals surface area contributed by atoms with Gasteiger partial charge in [0.2, 0.25) is 0 Å². The maximum Gasteiger partial charge on any atom is 0.336 e. The fourth-order valence-corrected chi connectivity index (χ4v) is 3.54. The highest BCUT2D eigenvalue weighted by atomic mass is 79.9. The molecule has 3 nitrogen and oxygen atoms in total. The summed E-state index contributed by atoms with van der Waals surface area (Å²) < 4.78 is 0.874. The Hall–Kier alpha value is -2.20. The van der Waals surface area contributed by atoms with Crippen LogP contribution in [0.25, 0.3) is 22.2 Å². The van der Waals surface area contributed by atoms with E-state index in [2.05, 4.69) is 22.9 Å². The van der Waals surface area contributed by atoms with E-state index in [4.69, 9.17) is 4.98 Å². The smallest absolute Gasteiger partial charge is 0.336 e. The molecule has 0 aliphatic heterocycles. The lowest BCUT2D eigenvalue weighted by molar-refractivity contribution is 0.0698. The van der Waals surface area contributed by atoms with Gasteiger partial charge in [0.25, 0.3) is 0 Å². The van der Waals surface area contributed by atoms with Gasteiger partial charge in [-0.05, 0) is 43.5 Å². The van der Waals surface area contributed by atoms with Crippen LogP contribution in [0.3, 0.4) is 0 Å². The minimum absolute atomic E-state index is 0.326. The molecule has 4 heteroatoms. The molecular formula is C20H18BrNO2. The van der Waals surface area contributed by atoms with Crippen LogP contribution in [0.1, 0.15) is 34.0 Å². The van der Waals surface area contributed by atoms with E-state index in [-0.39, 0.29) is 0 Å². The Balaban J connectivity index is 2.43. The number of pyridine rings is 1. The third-order valence-corrected chi connectivity index (χ3v) is 4.75. The van der Waals surface area contributed by atoms with E-state index in [1.165, 1.54) is 0 Å². The standard InChI is InChI=1S/C20H18BrNO2/c1-4-13-9-15(21)10-16-17(20(23)24)12(3)18(22-19(13)16)14-7-5-11(2)6-8-14/h5-10H,4H2,1-3H3,(H,23,24). The van der Waals surface area contributed by atoms with Crippen molar-refractivity contribution in [3.8, 4) is 11.3 Å². The third kappa shape index (κ3) is 2.82. The molecule has 3 aromatic rings. The van der Waals surface area contributed by atoms with Gasteiger partial charge in [-0.25, -0.2) is 9.78 Å². The molecule has 0 bridgehead atoms. The number of aromatic carboxylic acids is 1. The number of nitrogens with zero attached hydrogens (tertiary/aromatic N) is 1. The number of carbonyl (C=O) groups is 1. The molecule has 0 saturated heterocycles. The Morgan fingerprint density at radius 1 is 1.17 bits per heavy atom. The molecule has 0 radical (unpaired) electrons. The molecule has 0 unspecified atom stereocenters. The Kier molecular flexibility index (Phi) is 4.41. The number of carboxylic acid groups (broad SMARTS) is 1. The summed E-state index contributed by atoms with van der Waals surface area (Å²) in [5.74, 6) is -0.923. The van der Waals surface area contributed by atoms with Crippen molar-refractivity contribution in [1.29, 1.82) is 0 Å². The van der Waals surface area contributed by atoms with Gasteiger partial charge in [-0.2, -0.15) is 0 Å². The van der Waals surface area contributed by atoms with Crippen molar-refractivity contribution in [2.45, 2.75) is 27.2 Å². The lowest BCUT2D eigenvalue weighted by atomic mass is 9.95. The Morgan fingerprint density at radius 3 is 2.42 bits per heavy atom. The molecule has 1 aromatic heterocycles. The normalized spacial score (nSPS) is 11.0. The molecule has 0 fully saturated rings. The van der Waals surface area contributed by atoms with E-state index in [1.807, 2.05) is 50.2 Å². The van der Waals surface area contributed by atoms with Crippen LogP contribution in [0.5, 0.6) is 0 Å². The topological polar surface area (TPSA) is 50.2 Å². The first-order valence-electron chi connectivity index (χ1n) is 7.85. The zero-order valence-electron chi connectivity index (χ0n) is 13.9. The van der Waals surface area contributed by atoms with Crippen LogP contribution < -0.4 is 0 Å². The van der Waals surface area contributed by atoms with Crippen molar-refractivity contribution < 1.29 is 9.90 Å². The molecule has 0 aliphatic rings. The van der Waals surface area contributed by atoms with Crippen LogP contribution >= 0.6 is 15.9 Å². The lowest BCUT2D eigenvalue weighted by Gasteiger charge is -2.15. The zero-order chi connectivity index (χ0) is 17.4. The van der Waals surface area contributed by atoms with E-state index in [1.54, 1.807) is 0 Å². The predicted molar refractivity (Wildman–Crippen MR) is 101 cm³/mol. The molecular weight excluding hydrogens is 366 g/mol. The number of fused-ring (bicyclic) bond motifs is 1. The summed E-state index contributed by atoms with van der Waals surface area (Å²) in [6.45, 7) is 5.91. The second-order valence-corrected chi connectivity index (χ2v) is 6.86. The molecule has 0 spiro atoms. The average Bonchev–Trinajstić information content (AvgIpc) is 2.54. The molecule has 0 amide bonds. The van der Waals surface area contributed by atoms with Crippen molar-refractivity contribution >= 4 is 32.8 Å². The highest BCUT2D eigenvalue weighted by molar-refractivity contribution is 9.10. The van der Waals surface area contributed by atoms with Crippen LogP contribution in [0.4, 0.5) is 0 Å². The SMILES string of the molecule is CCc1cc(Br)cc2c(C(=O)O)c(C)c(-c3ccc(C)cc3)nc12. The highest BCUT2D eigenvalue weighted by Crippen LogP contribution is 2.33. The maximum atomic E-state index is 11.9. The van der Waals surface area contributed by atoms with Crippen molar-refractivity contribution in [2.24, 2.45) is 0 Å². The predicted octanol–water partition coefficient (Wildman–Crippen LogP) is 5.54. The first-order valence-corrected chi connectivity index (χ1v) is 8.64. The molecule has 2 aromatic carbocycles. The number of carboxylic acids is 1. The van der Waals surface area contributed by atoms with E-state index < -0.39 is 5.97 Å². The van der Waals surface area contributed by atoms with Crippen molar-refractivity contribution in [2.75, 3.05) is 0 Å². The van der Waals surface area contributed by atoms with Crippen LogP contribution in [-0.2, 0) is 6.42 Å². The summed E-state index contributed by atoms with van der Waals surface area (Å²) in [5.41, 5.74) is 5.65. The van der Waals surface area contributed by atoms with Gasteiger partial charge in [-0.1, -0.05) is 52.7 Å². The Bertz CT molecular complexity index is 946. The minimum atomic E-state index is -0.923. The molecule has 0 saturated carbocycles. The first kappa shape index (κ1) is 16.7. The number of halogens is 1. The molecule has 0 atom stereocenters. The van der Waals surface area contributed by atoms with Crippen LogP contribution in [0.15, 0.2) is 40.9 Å². The lowest BCUT2D eigenvalue weighted by Crippen LogP contribution is -2.06. The Labute approximate surface area is 149 Å². The van der Waals surface area contributed by atoms with Crippen LogP contribution in [0, 0.1) is 13.8 Å². The average molecular weight is 384 g/mol. The second-order valence-electron chi connectivity index (χ2n) is 5.95. The van der Waals surface area contributed by atoms with E-state index in [9.17, 15) is 9.90 Å². The van der Waals surface area contributed by atoms with Gasteiger partial charge in [-0.15, -0.1) is 0 Å². The summed E-state index contributed by atoms with van der Waals surface area (Å²) in [6, 6.07) is 11.9. The van der Waals surface area contributed by atoms with E-state index in [0.717, 1.165) is 38.8 Å². The molecule has 1 heterocycles. The minimum Gasteiger partial charge on any atom is -0.478 e. The number of aromatic nitrogens is 1. The van der Waals surface area contributed by atoms with Gasteiger partial charge in [0, 0.05) is 15.4 Å². The summed E-state index contributed by atoms with van der Waals surface area (Å²) >= 11 is 3.48. The fraction of sp³-hybridized carbons (Fsp3) is 0.200. The largest absolute Gasteiger partial charge is 0.478 e. The first-order chi connectivity index (χ1) is 11.4. The van der Waals surface area contributed by atoms with Gasteiger partial charge in [-0.3, -0.25) is 0 Å². The molecule has 24 heavy (non-hydrogen) atoms. The van der Waals surface area contributed by atoms with Crippen molar-refractivity contribution in [3.63, 3.8) is 0 Å². The summed E-state index contributed by atoms with van der Waals surface area (Å²) in [7, 11) is 0. The quantitative estimate of drug-likeness (QED) is 0.645. The second kappa shape index (κ2) is 6.36. The summed E-state index contributed by atoms with van der Waals surface area (Å²) in [5, 5.41) is 10.5. The molecule has 122 valence electrons.